The summed E-state index contributed by atoms with van der Waals surface area (Å²) in [6, 6.07) is -3.21. The first-order valence-corrected chi connectivity index (χ1v) is 9.28. The molecule has 0 aromatic carbocycles. The fourth-order valence-electron chi connectivity index (χ4n) is 2.55. The first kappa shape index (κ1) is 22.2. The topological polar surface area (TPSA) is 137 Å². The summed E-state index contributed by atoms with van der Waals surface area (Å²) in [7, 11) is 0. The Balaban J connectivity index is 2.58. The second-order valence-electron chi connectivity index (χ2n) is 6.69. The van der Waals surface area contributed by atoms with Gasteiger partial charge < -0.3 is 26.4 Å². The van der Waals surface area contributed by atoms with Gasteiger partial charge in [0.05, 0.1) is 6.04 Å². The molecule has 1 heterocycles. The Morgan fingerprint density at radius 1 is 1.12 bits per heavy atom. The van der Waals surface area contributed by atoms with E-state index in [0.717, 1.165) is 13.0 Å². The van der Waals surface area contributed by atoms with Crippen molar-refractivity contribution < 1.29 is 24.3 Å². The van der Waals surface area contributed by atoms with Crippen LogP contribution >= 0.6 is 12.6 Å². The monoisotopic (exact) mass is 388 g/mol. The number of carbonyl (C=O) groups is 4. The lowest BCUT2D eigenvalue weighted by molar-refractivity contribution is -0.143. The Kier molecular flexibility index (Phi) is 8.86. The summed E-state index contributed by atoms with van der Waals surface area (Å²) in [6.07, 6.45) is 1.60. The maximum Gasteiger partial charge on any atom is 0.326 e. The van der Waals surface area contributed by atoms with Crippen molar-refractivity contribution in [3.8, 4) is 0 Å². The molecule has 4 atom stereocenters. The molecule has 1 fully saturated rings. The normalized spacial score (nSPS) is 20.1. The molecule has 1 saturated heterocycles. The van der Waals surface area contributed by atoms with Gasteiger partial charge in [0.2, 0.25) is 17.7 Å². The van der Waals surface area contributed by atoms with Gasteiger partial charge in [-0.1, -0.05) is 13.8 Å². The second kappa shape index (κ2) is 10.4. The van der Waals surface area contributed by atoms with E-state index in [4.69, 9.17) is 5.11 Å². The van der Waals surface area contributed by atoms with Gasteiger partial charge in [0, 0.05) is 5.75 Å². The SMILES string of the molecule is CC(NC(=O)C(CS)NC(=O)C1CCCN1)C(=O)NC(C(=O)O)C(C)C. The summed E-state index contributed by atoms with van der Waals surface area (Å²) in [5.74, 6) is -2.81. The molecule has 148 valence electrons. The molecule has 1 aliphatic heterocycles. The molecule has 0 saturated carbocycles. The van der Waals surface area contributed by atoms with E-state index in [1.807, 2.05) is 0 Å². The van der Waals surface area contributed by atoms with E-state index >= 15 is 0 Å². The van der Waals surface area contributed by atoms with Gasteiger partial charge in [-0.25, -0.2) is 4.79 Å². The number of thiol groups is 1. The van der Waals surface area contributed by atoms with Gasteiger partial charge in [0.15, 0.2) is 0 Å². The summed E-state index contributed by atoms with van der Waals surface area (Å²) in [5, 5.41) is 19.6. The minimum Gasteiger partial charge on any atom is -0.480 e. The number of aliphatic carboxylic acids is 1. The molecule has 0 radical (unpaired) electrons. The van der Waals surface area contributed by atoms with Gasteiger partial charge in [-0.15, -0.1) is 0 Å². The van der Waals surface area contributed by atoms with Crippen molar-refractivity contribution in [1.82, 2.24) is 21.3 Å². The van der Waals surface area contributed by atoms with Crippen LogP contribution in [0.4, 0.5) is 0 Å². The molecule has 9 nitrogen and oxygen atoms in total. The zero-order chi connectivity index (χ0) is 19.9. The van der Waals surface area contributed by atoms with Gasteiger partial charge in [-0.05, 0) is 32.2 Å². The predicted octanol–water partition coefficient (Wildman–Crippen LogP) is -1.12. The maximum atomic E-state index is 12.3. The van der Waals surface area contributed by atoms with E-state index in [2.05, 4.69) is 33.9 Å². The minimum atomic E-state index is -1.14. The van der Waals surface area contributed by atoms with Crippen LogP contribution in [0.25, 0.3) is 0 Å². The first-order chi connectivity index (χ1) is 12.2. The number of hydrogen-bond donors (Lipinski definition) is 6. The Morgan fingerprint density at radius 2 is 1.77 bits per heavy atom. The minimum absolute atomic E-state index is 0.0718. The molecule has 3 amide bonds. The Bertz CT molecular complexity index is 537. The maximum absolute atomic E-state index is 12.3. The molecule has 0 aromatic heterocycles. The largest absolute Gasteiger partial charge is 0.480 e. The molecule has 5 N–H and O–H groups in total. The molecule has 0 aromatic rings. The number of carboxylic acids is 1. The third-order valence-corrected chi connectivity index (χ3v) is 4.54. The molecule has 1 rings (SSSR count). The summed E-state index contributed by atoms with van der Waals surface area (Å²) in [6.45, 7) is 5.55. The highest BCUT2D eigenvalue weighted by Crippen LogP contribution is 2.06. The van der Waals surface area contributed by atoms with Crippen molar-refractivity contribution in [1.29, 1.82) is 0 Å². The lowest BCUT2D eigenvalue weighted by Crippen LogP contribution is -2.57. The van der Waals surface area contributed by atoms with Crippen LogP contribution in [-0.4, -0.2) is 65.3 Å². The molecule has 0 bridgehead atoms. The highest BCUT2D eigenvalue weighted by Gasteiger charge is 2.30. The Labute approximate surface area is 158 Å². The Morgan fingerprint density at radius 3 is 2.23 bits per heavy atom. The van der Waals surface area contributed by atoms with Crippen LogP contribution in [0.2, 0.25) is 0 Å². The molecule has 1 aliphatic rings. The van der Waals surface area contributed by atoms with E-state index < -0.39 is 35.9 Å². The zero-order valence-corrected chi connectivity index (χ0v) is 16.1. The lowest BCUT2D eigenvalue weighted by atomic mass is 10.0. The van der Waals surface area contributed by atoms with Crippen molar-refractivity contribution in [3.05, 3.63) is 0 Å². The zero-order valence-electron chi connectivity index (χ0n) is 15.2. The van der Waals surface area contributed by atoms with Crippen LogP contribution in [0.15, 0.2) is 0 Å². The van der Waals surface area contributed by atoms with E-state index in [0.29, 0.717) is 6.42 Å². The average molecular weight is 388 g/mol. The van der Waals surface area contributed by atoms with Crippen LogP contribution in [0, 0.1) is 5.92 Å². The fraction of sp³-hybridized carbons (Fsp3) is 0.750. The van der Waals surface area contributed by atoms with Crippen LogP contribution in [-0.2, 0) is 19.2 Å². The van der Waals surface area contributed by atoms with Gasteiger partial charge in [-0.2, -0.15) is 12.6 Å². The number of amides is 3. The van der Waals surface area contributed by atoms with E-state index in [9.17, 15) is 19.2 Å². The quantitative estimate of drug-likeness (QED) is 0.277. The highest BCUT2D eigenvalue weighted by molar-refractivity contribution is 7.80. The van der Waals surface area contributed by atoms with Gasteiger partial charge >= 0.3 is 5.97 Å². The summed E-state index contributed by atoms with van der Waals surface area (Å²) < 4.78 is 0. The van der Waals surface area contributed by atoms with E-state index in [1.165, 1.54) is 6.92 Å². The number of rotatable bonds is 9. The molecule has 4 unspecified atom stereocenters. The molecule has 0 spiro atoms. The third-order valence-electron chi connectivity index (χ3n) is 4.17. The summed E-state index contributed by atoms with van der Waals surface area (Å²) in [5.41, 5.74) is 0. The summed E-state index contributed by atoms with van der Waals surface area (Å²) >= 11 is 4.08. The number of nitrogens with one attached hydrogen (secondary N) is 4. The van der Waals surface area contributed by atoms with Gasteiger partial charge in [0.25, 0.3) is 0 Å². The highest BCUT2D eigenvalue weighted by atomic mass is 32.1. The van der Waals surface area contributed by atoms with Crippen molar-refractivity contribution in [2.24, 2.45) is 5.92 Å². The van der Waals surface area contributed by atoms with Gasteiger partial charge in [-0.3, -0.25) is 14.4 Å². The predicted molar refractivity (Wildman–Crippen MR) is 98.8 cm³/mol. The van der Waals surface area contributed by atoms with Crippen LogP contribution < -0.4 is 21.3 Å². The average Bonchev–Trinajstić information content (AvgIpc) is 3.10. The summed E-state index contributed by atoms with van der Waals surface area (Å²) in [4.78, 5) is 47.7. The lowest BCUT2D eigenvalue weighted by Gasteiger charge is -2.23. The van der Waals surface area contributed by atoms with Crippen LogP contribution in [0.1, 0.15) is 33.6 Å². The standard InChI is InChI=1S/C16H28N4O5S/c1-8(2)12(16(24)25)20-13(21)9(3)18-15(23)11(7-26)19-14(22)10-5-4-6-17-10/h8-12,17,26H,4-7H2,1-3H3,(H,18,23)(H,19,22)(H,20,21)(H,24,25). The molecular weight excluding hydrogens is 360 g/mol. The van der Waals surface area contributed by atoms with Crippen molar-refractivity contribution in [2.75, 3.05) is 12.3 Å². The third kappa shape index (κ3) is 6.49. The second-order valence-corrected chi connectivity index (χ2v) is 7.06. The van der Waals surface area contributed by atoms with Gasteiger partial charge in [0.1, 0.15) is 18.1 Å². The van der Waals surface area contributed by atoms with E-state index in [1.54, 1.807) is 13.8 Å². The number of carbonyl (C=O) groups excluding carboxylic acids is 3. The molecule has 10 heteroatoms. The van der Waals surface area contributed by atoms with Crippen molar-refractivity contribution in [3.63, 3.8) is 0 Å². The number of hydrogen-bond acceptors (Lipinski definition) is 6. The fourth-order valence-corrected chi connectivity index (χ4v) is 2.80. The van der Waals surface area contributed by atoms with Crippen LogP contribution in [0.5, 0.6) is 0 Å². The van der Waals surface area contributed by atoms with E-state index in [-0.39, 0.29) is 23.6 Å². The Hall–Kier alpha value is -1.81. The molecule has 0 aliphatic carbocycles. The van der Waals surface area contributed by atoms with Crippen LogP contribution in [0.3, 0.4) is 0 Å². The molecule has 26 heavy (non-hydrogen) atoms. The van der Waals surface area contributed by atoms with Crippen molar-refractivity contribution in [2.45, 2.75) is 57.8 Å². The van der Waals surface area contributed by atoms with Crippen molar-refractivity contribution >= 4 is 36.3 Å². The first-order valence-electron chi connectivity index (χ1n) is 8.65. The smallest absolute Gasteiger partial charge is 0.326 e. The number of carboxylic acid groups (broad SMARTS) is 1. The molecular formula is C16H28N4O5S.